The average Bonchev–Trinajstić information content (AvgIpc) is 3.52. The van der Waals surface area contributed by atoms with Crippen molar-refractivity contribution >= 4 is 56.2 Å². The third-order valence-electron chi connectivity index (χ3n) is 5.92. The summed E-state index contributed by atoms with van der Waals surface area (Å²) in [6.07, 6.45) is 5.06. The van der Waals surface area contributed by atoms with Crippen molar-refractivity contribution in [1.29, 1.82) is 0 Å². The molecule has 0 aliphatic carbocycles. The van der Waals surface area contributed by atoms with E-state index >= 15 is 0 Å². The molecule has 1 aliphatic rings. The number of nitrogens with zero attached hydrogens (tertiary/aromatic N) is 4. The number of Topliss-reactive ketones (excluding diaryl/α,β-unsaturated/α-hetero) is 1. The van der Waals surface area contributed by atoms with E-state index in [1.165, 1.54) is 24.7 Å². The summed E-state index contributed by atoms with van der Waals surface area (Å²) >= 11 is 2.78. The molecular formula is C23H25N6O3S2+. The number of piperidine rings is 1. The normalized spacial score (nSPS) is 14.0. The van der Waals surface area contributed by atoms with Crippen LogP contribution in [0.1, 0.15) is 56.8 Å². The summed E-state index contributed by atoms with van der Waals surface area (Å²) in [5, 5.41) is 9.49. The molecule has 34 heavy (non-hydrogen) atoms. The first kappa shape index (κ1) is 22.5. The number of carbonyl (C=O) groups is 2. The molecule has 0 radical (unpaired) electrons. The Bertz CT molecular complexity index is 1410. The Hall–Kier alpha value is -3.31. The Balaban J connectivity index is 1.53. The van der Waals surface area contributed by atoms with E-state index in [9.17, 15) is 9.59 Å². The Kier molecular flexibility index (Phi) is 5.82. The Labute approximate surface area is 204 Å². The summed E-state index contributed by atoms with van der Waals surface area (Å²) < 4.78 is 5.33. The van der Waals surface area contributed by atoms with Gasteiger partial charge in [0.25, 0.3) is 12.1 Å². The van der Waals surface area contributed by atoms with Gasteiger partial charge in [-0.15, -0.1) is 22.7 Å². The number of hydrogen-bond donors (Lipinski definition) is 2. The van der Waals surface area contributed by atoms with Gasteiger partial charge in [0, 0.05) is 26.3 Å². The number of pyridine rings is 1. The SMILES string of the molecule is CC(=O)c1c(C)nc2sc(C(=O)Nc3c[n+](N4CCCCC4)no3)c(N)c2c1-c1ccc(C)s1. The lowest BCUT2D eigenvalue weighted by Crippen LogP contribution is -2.60. The number of nitrogen functional groups attached to an aromatic ring is 1. The number of ketones is 1. The number of nitrogens with two attached hydrogens (primary N) is 1. The lowest BCUT2D eigenvalue weighted by atomic mass is 9.98. The predicted molar refractivity (Wildman–Crippen MR) is 133 cm³/mol. The summed E-state index contributed by atoms with van der Waals surface area (Å²) in [7, 11) is 0. The van der Waals surface area contributed by atoms with Crippen molar-refractivity contribution in [2.45, 2.75) is 40.0 Å². The minimum absolute atomic E-state index is 0.0894. The van der Waals surface area contributed by atoms with E-state index in [1.54, 1.807) is 22.3 Å². The van der Waals surface area contributed by atoms with Gasteiger partial charge in [0.1, 0.15) is 9.71 Å². The Morgan fingerprint density at radius 2 is 1.94 bits per heavy atom. The van der Waals surface area contributed by atoms with E-state index in [2.05, 4.69) is 20.6 Å². The van der Waals surface area contributed by atoms with E-state index in [1.807, 2.05) is 26.0 Å². The molecule has 1 fully saturated rings. The van der Waals surface area contributed by atoms with Crippen LogP contribution in [-0.4, -0.2) is 35.0 Å². The number of anilines is 2. The molecule has 0 spiro atoms. The standard InChI is InChI=1S/C23H24N6O3S2/c1-12-7-8-15(33-12)18-17(14(3)30)13(2)25-23-19(18)20(24)21(34-23)22(31)26-16-11-29(27-32-16)28-9-5-4-6-10-28/h7-8,11H,4-6,9-10H2,1-3H3,(H2-,24,26,27,31)/p+1. The molecule has 5 heterocycles. The number of amides is 1. The molecule has 1 aliphatic heterocycles. The highest BCUT2D eigenvalue weighted by atomic mass is 32.1. The zero-order chi connectivity index (χ0) is 24.0. The van der Waals surface area contributed by atoms with Crippen molar-refractivity contribution in [3.63, 3.8) is 0 Å². The number of rotatable bonds is 5. The first-order valence-corrected chi connectivity index (χ1v) is 12.7. The van der Waals surface area contributed by atoms with Gasteiger partial charge in [-0.3, -0.25) is 19.4 Å². The molecule has 0 atom stereocenters. The van der Waals surface area contributed by atoms with Crippen molar-refractivity contribution in [3.05, 3.63) is 39.3 Å². The van der Waals surface area contributed by atoms with Gasteiger partial charge in [-0.05, 0) is 52.2 Å². The first-order valence-electron chi connectivity index (χ1n) is 11.1. The second-order valence-corrected chi connectivity index (χ2v) is 10.7. The van der Waals surface area contributed by atoms with Gasteiger partial charge in [0.2, 0.25) is 5.27 Å². The van der Waals surface area contributed by atoms with Crippen LogP contribution in [0.2, 0.25) is 0 Å². The fraction of sp³-hybridized carbons (Fsp3) is 0.348. The van der Waals surface area contributed by atoms with E-state index in [0.717, 1.165) is 41.2 Å². The van der Waals surface area contributed by atoms with Gasteiger partial charge >= 0.3 is 5.88 Å². The fourth-order valence-corrected chi connectivity index (χ4v) is 6.33. The summed E-state index contributed by atoms with van der Waals surface area (Å²) in [6, 6.07) is 3.98. The summed E-state index contributed by atoms with van der Waals surface area (Å²) in [4.78, 5) is 34.9. The third kappa shape index (κ3) is 3.94. The van der Waals surface area contributed by atoms with Crippen LogP contribution in [0.5, 0.6) is 0 Å². The van der Waals surface area contributed by atoms with Gasteiger partial charge in [-0.25, -0.2) is 4.98 Å². The molecule has 0 aromatic carbocycles. The molecule has 0 saturated carbocycles. The minimum atomic E-state index is -0.405. The summed E-state index contributed by atoms with van der Waals surface area (Å²) in [6.45, 7) is 7.13. The van der Waals surface area contributed by atoms with Gasteiger partial charge in [-0.2, -0.15) is 5.01 Å². The third-order valence-corrected chi connectivity index (χ3v) is 8.03. The number of fused-ring (bicyclic) bond motifs is 1. The molecule has 1 saturated heterocycles. The van der Waals surface area contributed by atoms with Crippen molar-refractivity contribution in [2.75, 3.05) is 29.1 Å². The zero-order valence-corrected chi connectivity index (χ0v) is 20.8. The number of nitrogens with one attached hydrogen (secondary N) is 1. The predicted octanol–water partition coefficient (Wildman–Crippen LogP) is 4.08. The van der Waals surface area contributed by atoms with Crippen LogP contribution in [0.25, 0.3) is 20.7 Å². The fourth-order valence-electron chi connectivity index (χ4n) is 4.36. The van der Waals surface area contributed by atoms with Gasteiger partial charge in [-0.1, -0.05) is 0 Å². The van der Waals surface area contributed by atoms with Crippen molar-refractivity contribution in [1.82, 2.24) is 10.3 Å². The maximum Gasteiger partial charge on any atom is 0.306 e. The molecule has 1 amide bonds. The number of hydrogen-bond acceptors (Lipinski definition) is 9. The first-order chi connectivity index (χ1) is 16.3. The van der Waals surface area contributed by atoms with Crippen LogP contribution in [0.15, 0.2) is 22.9 Å². The lowest BCUT2D eigenvalue weighted by Gasteiger charge is -2.17. The topological polar surface area (TPSA) is 118 Å². The average molecular weight is 498 g/mol. The molecule has 176 valence electrons. The van der Waals surface area contributed by atoms with Crippen LogP contribution in [0.3, 0.4) is 0 Å². The number of carbonyl (C=O) groups excluding carboxylic acids is 2. The van der Waals surface area contributed by atoms with Crippen molar-refractivity contribution in [3.8, 4) is 10.4 Å². The molecule has 3 N–H and O–H groups in total. The molecule has 0 unspecified atom stereocenters. The second kappa shape index (κ2) is 8.80. The van der Waals surface area contributed by atoms with Gasteiger partial charge in [0.05, 0.1) is 29.3 Å². The van der Waals surface area contributed by atoms with Crippen LogP contribution < -0.4 is 20.9 Å². The van der Waals surface area contributed by atoms with Gasteiger partial charge < -0.3 is 5.73 Å². The minimum Gasteiger partial charge on any atom is -0.397 e. The van der Waals surface area contributed by atoms with E-state index < -0.39 is 5.91 Å². The second-order valence-electron chi connectivity index (χ2n) is 8.39. The maximum absolute atomic E-state index is 13.2. The van der Waals surface area contributed by atoms with Crippen molar-refractivity contribution < 1.29 is 18.9 Å². The molecule has 9 nitrogen and oxygen atoms in total. The Morgan fingerprint density at radius 1 is 1.18 bits per heavy atom. The molecule has 4 aromatic rings. The van der Waals surface area contributed by atoms with E-state index in [-0.39, 0.29) is 11.7 Å². The summed E-state index contributed by atoms with van der Waals surface area (Å²) in [5.41, 5.74) is 8.71. The highest BCUT2D eigenvalue weighted by Crippen LogP contribution is 2.44. The van der Waals surface area contributed by atoms with Crippen LogP contribution in [0.4, 0.5) is 11.6 Å². The largest absolute Gasteiger partial charge is 0.397 e. The van der Waals surface area contributed by atoms with Gasteiger partial charge in [0.15, 0.2) is 5.78 Å². The smallest absolute Gasteiger partial charge is 0.306 e. The molecular weight excluding hydrogens is 472 g/mol. The zero-order valence-electron chi connectivity index (χ0n) is 19.2. The quantitative estimate of drug-likeness (QED) is 0.315. The molecule has 5 rings (SSSR count). The van der Waals surface area contributed by atoms with Crippen LogP contribution in [-0.2, 0) is 0 Å². The highest BCUT2D eigenvalue weighted by molar-refractivity contribution is 7.21. The molecule has 11 heteroatoms. The van der Waals surface area contributed by atoms with E-state index in [0.29, 0.717) is 32.0 Å². The molecule has 4 aromatic heterocycles. The van der Waals surface area contributed by atoms with Crippen LogP contribution in [0, 0.1) is 13.8 Å². The number of aryl methyl sites for hydroxylation is 2. The van der Waals surface area contributed by atoms with E-state index in [4.69, 9.17) is 10.3 Å². The maximum atomic E-state index is 13.2. The number of thiophene rings is 2. The number of aromatic nitrogens is 3. The van der Waals surface area contributed by atoms with Crippen molar-refractivity contribution in [2.24, 2.45) is 0 Å². The summed E-state index contributed by atoms with van der Waals surface area (Å²) in [5.74, 6) is -0.263. The molecule has 0 bridgehead atoms. The van der Waals surface area contributed by atoms with Crippen LogP contribution >= 0.6 is 22.7 Å². The lowest BCUT2D eigenvalue weighted by molar-refractivity contribution is -0.759. The highest BCUT2D eigenvalue weighted by Gasteiger charge is 2.28. The Morgan fingerprint density at radius 3 is 2.62 bits per heavy atom. The monoisotopic (exact) mass is 497 g/mol.